The van der Waals surface area contributed by atoms with Crippen molar-refractivity contribution in [3.8, 4) is 0 Å². The van der Waals surface area contributed by atoms with Gasteiger partial charge in [0.05, 0.1) is 11.0 Å². The normalized spacial score (nSPS) is 13.9. The Morgan fingerprint density at radius 1 is 1.14 bits per heavy atom. The Bertz CT molecular complexity index is 1030. The fourth-order valence-corrected chi connectivity index (χ4v) is 3.58. The molecule has 4 rings (SSSR count). The van der Waals surface area contributed by atoms with Crippen molar-refractivity contribution in [1.29, 1.82) is 0 Å². The van der Waals surface area contributed by atoms with Gasteiger partial charge in [-0.05, 0) is 42.7 Å². The van der Waals surface area contributed by atoms with Crippen molar-refractivity contribution in [2.45, 2.75) is 25.6 Å². The number of anilines is 2. The van der Waals surface area contributed by atoms with Crippen molar-refractivity contribution in [1.82, 2.24) is 9.55 Å². The zero-order valence-corrected chi connectivity index (χ0v) is 15.6. The van der Waals surface area contributed by atoms with Gasteiger partial charge in [-0.15, -0.1) is 12.4 Å². The van der Waals surface area contributed by atoms with E-state index in [0.29, 0.717) is 24.3 Å². The molecule has 1 amide bonds. The highest BCUT2D eigenvalue weighted by atomic mass is 35.5. The second-order valence-corrected chi connectivity index (χ2v) is 6.50. The Morgan fingerprint density at radius 2 is 1.89 bits per heavy atom. The van der Waals surface area contributed by atoms with Crippen molar-refractivity contribution in [3.05, 3.63) is 53.9 Å². The largest absolute Gasteiger partial charge is 0.449 e. The van der Waals surface area contributed by atoms with E-state index in [0.717, 1.165) is 16.6 Å². The maximum atomic E-state index is 13.4. The van der Waals surface area contributed by atoms with Crippen LogP contribution in [0.25, 0.3) is 11.0 Å². The molecule has 1 aromatic heterocycles. The summed E-state index contributed by atoms with van der Waals surface area (Å²) in [7, 11) is 0. The molecule has 0 saturated heterocycles. The number of nitrogens with zero attached hydrogens (tertiary/aromatic N) is 3. The van der Waals surface area contributed by atoms with Crippen LogP contribution in [0.3, 0.4) is 0 Å². The van der Waals surface area contributed by atoms with Crippen LogP contribution in [0.5, 0.6) is 0 Å². The monoisotopic (exact) mass is 410 g/mol. The van der Waals surface area contributed by atoms with Crippen LogP contribution in [-0.4, -0.2) is 22.0 Å². The summed E-state index contributed by atoms with van der Waals surface area (Å²) in [4.78, 5) is 18.1. The predicted molar refractivity (Wildman–Crippen MR) is 104 cm³/mol. The van der Waals surface area contributed by atoms with Crippen LogP contribution in [0.1, 0.15) is 17.8 Å². The molecule has 0 saturated carbocycles. The molecule has 2 heterocycles. The molecule has 28 heavy (non-hydrogen) atoms. The molecule has 5 nitrogen and oxygen atoms in total. The minimum absolute atomic E-state index is 0. The van der Waals surface area contributed by atoms with Gasteiger partial charge in [-0.1, -0.05) is 18.2 Å². The number of benzene rings is 2. The zero-order valence-electron chi connectivity index (χ0n) is 14.7. The molecule has 0 spiro atoms. The molecule has 0 unspecified atom stereocenters. The van der Waals surface area contributed by atoms with Crippen LogP contribution in [0.4, 0.5) is 24.5 Å². The third-order valence-electron chi connectivity index (χ3n) is 4.79. The highest BCUT2D eigenvalue weighted by Crippen LogP contribution is 2.34. The summed E-state index contributed by atoms with van der Waals surface area (Å²) in [5.74, 6) is -1.49. The van der Waals surface area contributed by atoms with Gasteiger partial charge < -0.3 is 15.2 Å². The molecular formula is C19H18ClF3N4O. The molecular weight excluding hydrogens is 393 g/mol. The first kappa shape index (κ1) is 20.0. The van der Waals surface area contributed by atoms with Crippen molar-refractivity contribution >= 4 is 40.7 Å². The number of carbonyl (C=O) groups is 1. The Balaban J connectivity index is 0.00000225. The summed E-state index contributed by atoms with van der Waals surface area (Å²) in [5.41, 5.74) is 8.61. The van der Waals surface area contributed by atoms with E-state index >= 15 is 0 Å². The van der Waals surface area contributed by atoms with E-state index < -0.39 is 24.5 Å². The van der Waals surface area contributed by atoms with Gasteiger partial charge in [0.1, 0.15) is 6.54 Å². The molecule has 3 aromatic rings. The van der Waals surface area contributed by atoms with Gasteiger partial charge in [0.15, 0.2) is 0 Å². The number of hydrogen-bond acceptors (Lipinski definition) is 3. The van der Waals surface area contributed by atoms with Crippen LogP contribution < -0.4 is 10.6 Å². The van der Waals surface area contributed by atoms with Crippen LogP contribution >= 0.6 is 12.4 Å². The lowest BCUT2D eigenvalue weighted by Crippen LogP contribution is -2.38. The SMILES string of the molecule is Cl.Nc1cccc2c1CCCN2C(=O)Cn1c(C(F)(F)F)nc2ccccc21. The number of nitrogen functional groups attached to an aromatic ring is 1. The van der Waals surface area contributed by atoms with Crippen LogP contribution in [0.15, 0.2) is 42.5 Å². The predicted octanol–water partition coefficient (Wildman–Crippen LogP) is 4.04. The van der Waals surface area contributed by atoms with E-state index in [1.807, 2.05) is 0 Å². The van der Waals surface area contributed by atoms with Gasteiger partial charge in [-0.25, -0.2) is 4.98 Å². The van der Waals surface area contributed by atoms with E-state index in [4.69, 9.17) is 5.73 Å². The first-order valence-electron chi connectivity index (χ1n) is 8.56. The fourth-order valence-electron chi connectivity index (χ4n) is 3.58. The van der Waals surface area contributed by atoms with Crippen LogP contribution in [0.2, 0.25) is 0 Å². The molecule has 2 aromatic carbocycles. The summed E-state index contributed by atoms with van der Waals surface area (Å²) in [6.07, 6.45) is -3.19. The summed E-state index contributed by atoms with van der Waals surface area (Å²) >= 11 is 0. The molecule has 0 radical (unpaired) electrons. The first-order valence-corrected chi connectivity index (χ1v) is 8.56. The smallest absolute Gasteiger partial charge is 0.398 e. The topological polar surface area (TPSA) is 64.2 Å². The lowest BCUT2D eigenvalue weighted by Gasteiger charge is -2.30. The van der Waals surface area contributed by atoms with E-state index in [-0.39, 0.29) is 23.4 Å². The Kier molecular flexibility index (Phi) is 5.25. The molecule has 1 aliphatic rings. The Labute approximate surface area is 165 Å². The van der Waals surface area contributed by atoms with Gasteiger partial charge >= 0.3 is 6.18 Å². The quantitative estimate of drug-likeness (QED) is 0.648. The van der Waals surface area contributed by atoms with Gasteiger partial charge in [0, 0.05) is 17.9 Å². The summed E-state index contributed by atoms with van der Waals surface area (Å²) in [6, 6.07) is 11.6. The molecule has 0 atom stereocenters. The second kappa shape index (κ2) is 7.35. The average Bonchev–Trinajstić information content (AvgIpc) is 3.01. The molecule has 0 aliphatic carbocycles. The number of carbonyl (C=O) groups excluding carboxylic acids is 1. The number of halogens is 4. The number of nitrogens with two attached hydrogens (primary N) is 1. The Hall–Kier alpha value is -2.74. The van der Waals surface area contributed by atoms with Gasteiger partial charge in [0.25, 0.3) is 0 Å². The maximum absolute atomic E-state index is 13.4. The molecule has 2 N–H and O–H groups in total. The maximum Gasteiger partial charge on any atom is 0.449 e. The molecule has 148 valence electrons. The Morgan fingerprint density at radius 3 is 2.64 bits per heavy atom. The van der Waals surface area contributed by atoms with Gasteiger partial charge in [0.2, 0.25) is 11.7 Å². The number of aromatic nitrogens is 2. The summed E-state index contributed by atoms with van der Waals surface area (Å²) in [5, 5.41) is 0. The van der Waals surface area contributed by atoms with Crippen LogP contribution in [-0.2, 0) is 23.9 Å². The molecule has 0 fully saturated rings. The third-order valence-corrected chi connectivity index (χ3v) is 4.79. The van der Waals surface area contributed by atoms with Crippen LogP contribution in [0, 0.1) is 0 Å². The van der Waals surface area contributed by atoms with Crippen molar-refractivity contribution < 1.29 is 18.0 Å². The van der Waals surface area contributed by atoms with Crippen molar-refractivity contribution in [2.75, 3.05) is 17.2 Å². The van der Waals surface area contributed by atoms with Crippen molar-refractivity contribution in [2.24, 2.45) is 0 Å². The molecule has 9 heteroatoms. The number of rotatable bonds is 2. The number of para-hydroxylation sites is 2. The lowest BCUT2D eigenvalue weighted by atomic mass is 10.00. The summed E-state index contributed by atoms with van der Waals surface area (Å²) < 4.78 is 41.3. The fraction of sp³-hybridized carbons (Fsp3) is 0.263. The minimum Gasteiger partial charge on any atom is -0.398 e. The molecule has 1 aliphatic heterocycles. The van der Waals surface area contributed by atoms with E-state index in [1.165, 1.54) is 17.0 Å². The first-order chi connectivity index (χ1) is 12.9. The standard InChI is InChI=1S/C19H17F3N4O.ClH/c20-19(21,22)18-24-14-7-1-2-8-16(14)26(18)11-17(27)25-10-4-5-12-13(23)6-3-9-15(12)25;/h1-3,6-9H,4-5,10-11,23H2;1H. The number of amides is 1. The van der Waals surface area contributed by atoms with Crippen molar-refractivity contribution in [3.63, 3.8) is 0 Å². The number of hydrogen-bond donors (Lipinski definition) is 1. The van der Waals surface area contributed by atoms with Gasteiger partial charge in [-0.3, -0.25) is 4.79 Å². The number of fused-ring (bicyclic) bond motifs is 2. The highest BCUT2D eigenvalue weighted by molar-refractivity contribution is 5.96. The summed E-state index contributed by atoms with van der Waals surface area (Å²) in [6.45, 7) is 0.00681. The number of alkyl halides is 3. The molecule has 0 bridgehead atoms. The van der Waals surface area contributed by atoms with E-state index in [9.17, 15) is 18.0 Å². The van der Waals surface area contributed by atoms with Gasteiger partial charge in [-0.2, -0.15) is 13.2 Å². The lowest BCUT2D eigenvalue weighted by molar-refractivity contribution is -0.147. The third kappa shape index (κ3) is 3.40. The minimum atomic E-state index is -4.65. The highest BCUT2D eigenvalue weighted by Gasteiger charge is 2.38. The second-order valence-electron chi connectivity index (χ2n) is 6.50. The zero-order chi connectivity index (χ0) is 19.2. The van der Waals surface area contributed by atoms with E-state index in [1.54, 1.807) is 30.3 Å². The average molecular weight is 411 g/mol. The van der Waals surface area contributed by atoms with E-state index in [2.05, 4.69) is 4.98 Å². The number of imidazole rings is 1.